The molecule has 1 aromatic rings. The van der Waals surface area contributed by atoms with Crippen LogP contribution in [0.15, 0.2) is 24.3 Å². The van der Waals surface area contributed by atoms with Crippen molar-refractivity contribution in [1.29, 1.82) is 0 Å². The van der Waals surface area contributed by atoms with E-state index in [1.165, 1.54) is 5.56 Å². The van der Waals surface area contributed by atoms with E-state index in [4.69, 9.17) is 10.0 Å². The molecule has 82 valence electrons. The molecule has 2 nitrogen and oxygen atoms in total. The Morgan fingerprint density at radius 3 is 1.87 bits per heavy atom. The van der Waals surface area contributed by atoms with Gasteiger partial charge in [-0.1, -0.05) is 45.0 Å². The zero-order chi connectivity index (χ0) is 11.5. The molecule has 0 aliphatic heterocycles. The summed E-state index contributed by atoms with van der Waals surface area (Å²) in [6.45, 7) is 6.59. The molecule has 0 fully saturated rings. The minimum absolute atomic E-state index is 0.193. The van der Waals surface area contributed by atoms with Crippen LogP contribution in [0.5, 0.6) is 0 Å². The molecule has 2 N–H and O–H groups in total. The van der Waals surface area contributed by atoms with Crippen molar-refractivity contribution < 1.29 is 10.0 Å². The molecule has 0 aromatic heterocycles. The second-order valence-electron chi connectivity index (χ2n) is 4.26. The van der Waals surface area contributed by atoms with Crippen LogP contribution in [0.4, 0.5) is 0 Å². The first-order valence-corrected chi connectivity index (χ1v) is 5.50. The highest BCUT2D eigenvalue weighted by molar-refractivity contribution is 6.58. The van der Waals surface area contributed by atoms with E-state index in [1.54, 1.807) is 12.1 Å². The summed E-state index contributed by atoms with van der Waals surface area (Å²) in [4.78, 5) is 0. The zero-order valence-corrected chi connectivity index (χ0v) is 9.70. The lowest BCUT2D eigenvalue weighted by molar-refractivity contribution is 0.425. The highest BCUT2D eigenvalue weighted by Crippen LogP contribution is 2.30. The summed E-state index contributed by atoms with van der Waals surface area (Å²) in [6, 6.07) is 7.54. The van der Waals surface area contributed by atoms with Gasteiger partial charge in [-0.2, -0.15) is 0 Å². The Kier molecular flexibility index (Phi) is 3.94. The molecule has 0 spiro atoms. The van der Waals surface area contributed by atoms with E-state index in [0.29, 0.717) is 5.46 Å². The van der Waals surface area contributed by atoms with Crippen LogP contribution in [0.1, 0.15) is 39.2 Å². The van der Waals surface area contributed by atoms with E-state index in [0.717, 1.165) is 12.8 Å². The van der Waals surface area contributed by atoms with Gasteiger partial charge in [0.15, 0.2) is 0 Å². The number of hydrogen-bond donors (Lipinski definition) is 2. The summed E-state index contributed by atoms with van der Waals surface area (Å²) in [5.74, 6) is 0. The van der Waals surface area contributed by atoms with Gasteiger partial charge in [0.1, 0.15) is 0 Å². The van der Waals surface area contributed by atoms with Crippen LogP contribution < -0.4 is 5.46 Å². The van der Waals surface area contributed by atoms with Crippen molar-refractivity contribution in [3.8, 4) is 0 Å². The number of rotatable bonds is 4. The molecule has 0 amide bonds. The second-order valence-corrected chi connectivity index (χ2v) is 4.26. The first-order chi connectivity index (χ1) is 7.03. The van der Waals surface area contributed by atoms with E-state index >= 15 is 0 Å². The van der Waals surface area contributed by atoms with Gasteiger partial charge in [-0.25, -0.2) is 0 Å². The minimum atomic E-state index is -1.37. The van der Waals surface area contributed by atoms with Gasteiger partial charge in [-0.05, 0) is 29.3 Å². The summed E-state index contributed by atoms with van der Waals surface area (Å²) in [7, 11) is -1.37. The normalized spacial score (nSPS) is 11.5. The summed E-state index contributed by atoms with van der Waals surface area (Å²) in [5, 5.41) is 18.0. The topological polar surface area (TPSA) is 40.5 Å². The third-order valence-corrected chi connectivity index (χ3v) is 3.47. The lowest BCUT2D eigenvalue weighted by atomic mass is 9.74. The van der Waals surface area contributed by atoms with Crippen molar-refractivity contribution in [3.63, 3.8) is 0 Å². The molecule has 0 unspecified atom stereocenters. The third-order valence-electron chi connectivity index (χ3n) is 3.47. The number of benzene rings is 1. The average Bonchev–Trinajstić information content (AvgIpc) is 2.28. The van der Waals surface area contributed by atoms with Crippen molar-refractivity contribution in [2.24, 2.45) is 0 Å². The smallest absolute Gasteiger partial charge is 0.423 e. The van der Waals surface area contributed by atoms with Crippen molar-refractivity contribution in [1.82, 2.24) is 0 Å². The molecule has 0 bridgehead atoms. The van der Waals surface area contributed by atoms with Crippen LogP contribution in [0, 0.1) is 0 Å². The Balaban J connectivity index is 2.97. The largest absolute Gasteiger partial charge is 0.488 e. The first-order valence-electron chi connectivity index (χ1n) is 5.50. The Bertz CT molecular complexity index is 302. The number of hydrogen-bond acceptors (Lipinski definition) is 2. The lowest BCUT2D eigenvalue weighted by Crippen LogP contribution is -2.30. The highest BCUT2D eigenvalue weighted by atomic mass is 16.4. The van der Waals surface area contributed by atoms with Gasteiger partial charge in [0.2, 0.25) is 0 Å². The molecule has 0 atom stereocenters. The molecular weight excluding hydrogens is 187 g/mol. The fourth-order valence-corrected chi connectivity index (χ4v) is 1.72. The van der Waals surface area contributed by atoms with Crippen LogP contribution in [0.3, 0.4) is 0 Å². The lowest BCUT2D eigenvalue weighted by Gasteiger charge is -2.27. The molecule has 1 aromatic carbocycles. The molecule has 0 heterocycles. The van der Waals surface area contributed by atoms with Gasteiger partial charge in [-0.3, -0.25) is 0 Å². The minimum Gasteiger partial charge on any atom is -0.423 e. The van der Waals surface area contributed by atoms with Crippen LogP contribution in [0.2, 0.25) is 0 Å². The Morgan fingerprint density at radius 2 is 1.53 bits per heavy atom. The van der Waals surface area contributed by atoms with E-state index in [9.17, 15) is 0 Å². The predicted molar refractivity (Wildman–Crippen MR) is 64.2 cm³/mol. The Labute approximate surface area is 92.1 Å². The maximum absolute atomic E-state index is 8.99. The Morgan fingerprint density at radius 1 is 1.07 bits per heavy atom. The summed E-state index contributed by atoms with van der Waals surface area (Å²) in [5.41, 5.74) is 2.00. The molecule has 0 aliphatic carbocycles. The monoisotopic (exact) mass is 206 g/mol. The molecule has 1 rings (SSSR count). The zero-order valence-electron chi connectivity index (χ0n) is 9.70. The molecule has 0 saturated heterocycles. The fourth-order valence-electron chi connectivity index (χ4n) is 1.72. The van der Waals surface area contributed by atoms with Gasteiger partial charge >= 0.3 is 7.12 Å². The van der Waals surface area contributed by atoms with Gasteiger partial charge in [-0.15, -0.1) is 0 Å². The molecule has 3 heteroatoms. The van der Waals surface area contributed by atoms with E-state index in [-0.39, 0.29) is 5.41 Å². The van der Waals surface area contributed by atoms with E-state index in [1.807, 2.05) is 12.1 Å². The molecule has 0 saturated carbocycles. The van der Waals surface area contributed by atoms with Gasteiger partial charge in [0.25, 0.3) is 0 Å². The van der Waals surface area contributed by atoms with Crippen LogP contribution in [-0.2, 0) is 5.41 Å². The van der Waals surface area contributed by atoms with Crippen molar-refractivity contribution in [2.45, 2.75) is 39.0 Å². The van der Waals surface area contributed by atoms with Crippen molar-refractivity contribution >= 4 is 12.6 Å². The maximum atomic E-state index is 8.99. The molecule has 15 heavy (non-hydrogen) atoms. The molecular formula is C12H19BO2. The van der Waals surface area contributed by atoms with Gasteiger partial charge < -0.3 is 10.0 Å². The van der Waals surface area contributed by atoms with E-state index < -0.39 is 7.12 Å². The van der Waals surface area contributed by atoms with Crippen LogP contribution in [0.25, 0.3) is 0 Å². The molecule has 0 radical (unpaired) electrons. The summed E-state index contributed by atoms with van der Waals surface area (Å²) in [6.07, 6.45) is 2.18. The van der Waals surface area contributed by atoms with Crippen LogP contribution >= 0.6 is 0 Å². The molecule has 0 aliphatic rings. The average molecular weight is 206 g/mol. The maximum Gasteiger partial charge on any atom is 0.488 e. The third kappa shape index (κ3) is 2.61. The summed E-state index contributed by atoms with van der Waals surface area (Å²) >= 11 is 0. The van der Waals surface area contributed by atoms with Crippen molar-refractivity contribution in [2.75, 3.05) is 0 Å². The predicted octanol–water partition coefficient (Wildman–Crippen LogP) is 1.44. The standard InChI is InChI=1S/C12H19BO2/c1-4-12(3,5-2)10-6-8-11(9-7-10)13(14)15/h6-9,14-15H,4-5H2,1-3H3. The fraction of sp³-hybridized carbons (Fsp3) is 0.500. The van der Waals surface area contributed by atoms with Gasteiger partial charge in [0, 0.05) is 0 Å². The SMILES string of the molecule is CCC(C)(CC)c1ccc(B(O)O)cc1. The second kappa shape index (κ2) is 4.82. The quantitative estimate of drug-likeness (QED) is 0.732. The van der Waals surface area contributed by atoms with Crippen molar-refractivity contribution in [3.05, 3.63) is 29.8 Å². The van der Waals surface area contributed by atoms with Gasteiger partial charge in [0.05, 0.1) is 0 Å². The first kappa shape index (κ1) is 12.3. The van der Waals surface area contributed by atoms with Crippen LogP contribution in [-0.4, -0.2) is 17.2 Å². The summed E-state index contributed by atoms with van der Waals surface area (Å²) < 4.78 is 0. The van der Waals surface area contributed by atoms with E-state index in [2.05, 4.69) is 20.8 Å². The highest BCUT2D eigenvalue weighted by Gasteiger charge is 2.22. The Hall–Kier alpha value is -0.795.